The number of hydrogen-bond acceptors (Lipinski definition) is 2. The summed E-state index contributed by atoms with van der Waals surface area (Å²) in [6, 6.07) is -0.0742. The van der Waals surface area contributed by atoms with Gasteiger partial charge >= 0.3 is 0 Å². The van der Waals surface area contributed by atoms with Gasteiger partial charge in [-0.2, -0.15) is 0 Å². The van der Waals surface area contributed by atoms with Crippen LogP contribution in [0.1, 0.15) is 27.2 Å². The molecule has 1 unspecified atom stereocenters. The minimum absolute atomic E-state index is 0.0742. The molecule has 0 aliphatic carbocycles. The summed E-state index contributed by atoms with van der Waals surface area (Å²) >= 11 is 5.47. The maximum absolute atomic E-state index is 11.3. The lowest BCUT2D eigenvalue weighted by Gasteiger charge is -2.14. The van der Waals surface area contributed by atoms with Gasteiger partial charge in [0.25, 0.3) is 0 Å². The molecule has 0 aromatic rings. The van der Waals surface area contributed by atoms with Crippen LogP contribution in [0.25, 0.3) is 0 Å². The topological polar surface area (TPSA) is 46.2 Å². The number of hydrogen-bond donors (Lipinski definition) is 1. The zero-order valence-corrected chi connectivity index (χ0v) is 9.24. The lowest BCUT2D eigenvalue weighted by atomic mass is 10.3. The minimum Gasteiger partial charge on any atom is -0.212 e. The lowest BCUT2D eigenvalue weighted by molar-refractivity contribution is 0.548. The fourth-order valence-electron chi connectivity index (χ4n) is 0.639. The largest absolute Gasteiger partial charge is 0.214 e. The van der Waals surface area contributed by atoms with E-state index in [2.05, 4.69) is 4.72 Å². The first-order chi connectivity index (χ1) is 5.40. The second-order valence-electron chi connectivity index (χ2n) is 3.09. The quantitative estimate of drug-likeness (QED) is 0.701. The van der Waals surface area contributed by atoms with Crippen molar-refractivity contribution in [3.63, 3.8) is 0 Å². The molecule has 12 heavy (non-hydrogen) atoms. The molecule has 0 fully saturated rings. The van der Waals surface area contributed by atoms with Gasteiger partial charge in [0, 0.05) is 11.9 Å². The van der Waals surface area contributed by atoms with E-state index in [1.807, 2.05) is 6.92 Å². The number of alkyl halides is 1. The number of sulfonamides is 1. The zero-order valence-electron chi connectivity index (χ0n) is 7.67. The van der Waals surface area contributed by atoms with E-state index < -0.39 is 10.0 Å². The van der Waals surface area contributed by atoms with E-state index in [1.165, 1.54) is 0 Å². The molecule has 0 aliphatic rings. The van der Waals surface area contributed by atoms with Gasteiger partial charge in [0.05, 0.1) is 5.25 Å². The van der Waals surface area contributed by atoms with Crippen molar-refractivity contribution < 1.29 is 8.42 Å². The van der Waals surface area contributed by atoms with Crippen LogP contribution >= 0.6 is 11.6 Å². The summed E-state index contributed by atoms with van der Waals surface area (Å²) in [4.78, 5) is 0. The molecule has 1 N–H and O–H groups in total. The van der Waals surface area contributed by atoms with Crippen LogP contribution in [0.4, 0.5) is 0 Å². The fraction of sp³-hybridized carbons (Fsp3) is 1.00. The molecular formula is C7H16ClNO2S. The maximum atomic E-state index is 11.3. The molecule has 5 heteroatoms. The Bertz CT molecular complexity index is 213. The molecule has 0 amide bonds. The van der Waals surface area contributed by atoms with E-state index in [0.717, 1.165) is 0 Å². The van der Waals surface area contributed by atoms with Crippen molar-refractivity contribution >= 4 is 21.6 Å². The lowest BCUT2D eigenvalue weighted by Crippen LogP contribution is -2.37. The first-order valence-electron chi connectivity index (χ1n) is 3.97. The van der Waals surface area contributed by atoms with E-state index in [9.17, 15) is 8.42 Å². The van der Waals surface area contributed by atoms with Crippen molar-refractivity contribution in [2.75, 3.05) is 5.88 Å². The molecule has 0 saturated carbocycles. The second kappa shape index (κ2) is 5.04. The summed E-state index contributed by atoms with van der Waals surface area (Å²) in [5.41, 5.74) is 0. The van der Waals surface area contributed by atoms with Gasteiger partial charge in [-0.15, -0.1) is 11.6 Å². The summed E-state index contributed by atoms with van der Waals surface area (Å²) < 4.78 is 25.1. The molecular weight excluding hydrogens is 198 g/mol. The Morgan fingerprint density at radius 1 is 1.33 bits per heavy atom. The van der Waals surface area contributed by atoms with E-state index in [4.69, 9.17) is 11.6 Å². The van der Waals surface area contributed by atoms with Crippen molar-refractivity contribution in [2.45, 2.75) is 38.5 Å². The van der Waals surface area contributed by atoms with Crippen molar-refractivity contribution in [3.05, 3.63) is 0 Å². The molecule has 0 aromatic heterocycles. The van der Waals surface area contributed by atoms with E-state index in [-0.39, 0.29) is 11.3 Å². The Balaban J connectivity index is 4.07. The van der Waals surface area contributed by atoms with Crippen LogP contribution in [0.3, 0.4) is 0 Å². The van der Waals surface area contributed by atoms with Gasteiger partial charge in [-0.05, 0) is 27.2 Å². The van der Waals surface area contributed by atoms with Crippen LogP contribution in [-0.4, -0.2) is 25.6 Å². The molecule has 0 radical (unpaired) electrons. The first kappa shape index (κ1) is 12.2. The van der Waals surface area contributed by atoms with E-state index >= 15 is 0 Å². The average molecular weight is 214 g/mol. The van der Waals surface area contributed by atoms with Crippen LogP contribution in [-0.2, 0) is 10.0 Å². The molecule has 0 aromatic carbocycles. The third-order valence-electron chi connectivity index (χ3n) is 1.53. The predicted molar refractivity (Wildman–Crippen MR) is 52.0 cm³/mol. The average Bonchev–Trinajstić information content (AvgIpc) is 1.85. The van der Waals surface area contributed by atoms with Crippen LogP contribution in [0, 0.1) is 0 Å². The van der Waals surface area contributed by atoms with Gasteiger partial charge in [0.2, 0.25) is 10.0 Å². The maximum Gasteiger partial charge on any atom is 0.214 e. The molecule has 0 heterocycles. The molecule has 0 rings (SSSR count). The predicted octanol–water partition coefficient (Wildman–Crippen LogP) is 1.33. The monoisotopic (exact) mass is 213 g/mol. The normalized spacial score (nSPS) is 15.1. The van der Waals surface area contributed by atoms with Crippen LogP contribution in [0.15, 0.2) is 0 Å². The smallest absolute Gasteiger partial charge is 0.212 e. The van der Waals surface area contributed by atoms with Gasteiger partial charge in [0.15, 0.2) is 0 Å². The summed E-state index contributed by atoms with van der Waals surface area (Å²) in [5, 5.41) is -0.379. The molecule has 0 spiro atoms. The van der Waals surface area contributed by atoms with Crippen molar-refractivity contribution in [3.8, 4) is 0 Å². The second-order valence-corrected chi connectivity index (χ2v) is 5.74. The third kappa shape index (κ3) is 4.28. The molecule has 74 valence electrons. The SMILES string of the molecule is CC(CCCl)NS(=O)(=O)C(C)C. The Kier molecular flexibility index (Phi) is 5.13. The highest BCUT2D eigenvalue weighted by Gasteiger charge is 2.17. The fourth-order valence-corrected chi connectivity index (χ4v) is 1.92. The third-order valence-corrected chi connectivity index (χ3v) is 3.72. The summed E-state index contributed by atoms with van der Waals surface area (Å²) in [5.74, 6) is 0.474. The van der Waals surface area contributed by atoms with Crippen molar-refractivity contribution in [1.29, 1.82) is 0 Å². The van der Waals surface area contributed by atoms with Crippen LogP contribution in [0.5, 0.6) is 0 Å². The molecule has 0 bridgehead atoms. The zero-order chi connectivity index (χ0) is 9.78. The highest BCUT2D eigenvalue weighted by Crippen LogP contribution is 2.01. The van der Waals surface area contributed by atoms with Crippen molar-refractivity contribution in [2.24, 2.45) is 0 Å². The Hall–Kier alpha value is 0.200. The van der Waals surface area contributed by atoms with E-state index in [1.54, 1.807) is 13.8 Å². The van der Waals surface area contributed by atoms with Gasteiger partial charge < -0.3 is 0 Å². The standard InChI is InChI=1S/C7H16ClNO2S/c1-6(2)12(10,11)9-7(3)4-5-8/h6-7,9H,4-5H2,1-3H3. The highest BCUT2D eigenvalue weighted by atomic mass is 35.5. The Morgan fingerprint density at radius 2 is 1.83 bits per heavy atom. The Labute approximate surface area is 79.5 Å². The van der Waals surface area contributed by atoms with Gasteiger partial charge in [-0.25, -0.2) is 13.1 Å². The minimum atomic E-state index is -3.13. The number of halogens is 1. The summed E-state index contributed by atoms with van der Waals surface area (Å²) in [7, 11) is -3.13. The highest BCUT2D eigenvalue weighted by molar-refractivity contribution is 7.90. The van der Waals surface area contributed by atoms with Crippen LogP contribution in [0.2, 0.25) is 0 Å². The Morgan fingerprint density at radius 3 is 2.17 bits per heavy atom. The summed E-state index contributed by atoms with van der Waals surface area (Å²) in [6.45, 7) is 5.10. The van der Waals surface area contributed by atoms with E-state index in [0.29, 0.717) is 12.3 Å². The molecule has 0 aliphatic heterocycles. The summed E-state index contributed by atoms with van der Waals surface area (Å²) in [6.07, 6.45) is 0.660. The molecule has 3 nitrogen and oxygen atoms in total. The van der Waals surface area contributed by atoms with Crippen molar-refractivity contribution in [1.82, 2.24) is 4.72 Å². The first-order valence-corrected chi connectivity index (χ1v) is 6.05. The van der Waals surface area contributed by atoms with Gasteiger partial charge in [-0.3, -0.25) is 0 Å². The van der Waals surface area contributed by atoms with Gasteiger partial charge in [0.1, 0.15) is 0 Å². The van der Waals surface area contributed by atoms with Gasteiger partial charge in [-0.1, -0.05) is 0 Å². The molecule has 0 saturated heterocycles. The molecule has 1 atom stereocenters. The van der Waals surface area contributed by atoms with Crippen LogP contribution < -0.4 is 4.72 Å². The number of rotatable bonds is 5. The number of nitrogens with one attached hydrogen (secondary N) is 1.